The highest BCUT2D eigenvalue weighted by atomic mass is 16.3. The van der Waals surface area contributed by atoms with Gasteiger partial charge in [-0.1, -0.05) is 0 Å². The van der Waals surface area contributed by atoms with Gasteiger partial charge in [0.25, 0.3) is 0 Å². The van der Waals surface area contributed by atoms with Crippen LogP contribution in [0.2, 0.25) is 0 Å². The molecule has 0 aromatic carbocycles. The summed E-state index contributed by atoms with van der Waals surface area (Å²) in [5, 5.41) is 12.6. The van der Waals surface area contributed by atoms with Gasteiger partial charge in [0.1, 0.15) is 11.5 Å². The van der Waals surface area contributed by atoms with Crippen molar-refractivity contribution in [1.29, 1.82) is 0 Å². The Morgan fingerprint density at radius 1 is 1.45 bits per heavy atom. The molecule has 0 radical (unpaired) electrons. The third-order valence-corrected chi connectivity index (χ3v) is 4.77. The number of hydrogen-bond donors (Lipinski definition) is 2. The number of furan rings is 1. The first-order valence-corrected chi connectivity index (χ1v) is 7.33. The molecular formula is C16H21NO3. The molecule has 2 saturated carbocycles. The Labute approximate surface area is 118 Å². The molecule has 0 aliphatic heterocycles. The molecule has 2 fully saturated rings. The maximum Gasteiger partial charge on any atom is 0.244 e. The Bertz CT molecular complexity index is 520. The smallest absolute Gasteiger partial charge is 0.244 e. The first-order chi connectivity index (χ1) is 9.67. The molecule has 2 bridgehead atoms. The van der Waals surface area contributed by atoms with E-state index in [0.717, 1.165) is 12.2 Å². The number of carbonyl (C=O) groups is 1. The molecule has 2 N–H and O–H groups in total. The highest BCUT2D eigenvalue weighted by Gasteiger charge is 2.47. The van der Waals surface area contributed by atoms with Gasteiger partial charge in [-0.3, -0.25) is 4.79 Å². The summed E-state index contributed by atoms with van der Waals surface area (Å²) in [6.45, 7) is 2.05. The van der Waals surface area contributed by atoms with Gasteiger partial charge in [0.2, 0.25) is 5.91 Å². The standard InChI is InChI=1S/C16H21NO3/c1-10-2-5-13(20-10)6-7-15(19)17-16-12-4-3-11(8-12)14(16)9-18/h2,5-7,11-12,14,16,18H,3-4,8-9H2,1H3,(H,17,19)/b7-6+. The molecule has 2 aliphatic rings. The van der Waals surface area contributed by atoms with Crippen molar-refractivity contribution < 1.29 is 14.3 Å². The average Bonchev–Trinajstić information content (AvgIpc) is 3.12. The highest BCUT2D eigenvalue weighted by Crippen LogP contribution is 2.48. The number of amides is 1. The third-order valence-electron chi connectivity index (χ3n) is 4.77. The summed E-state index contributed by atoms with van der Waals surface area (Å²) in [5.74, 6) is 2.78. The number of carbonyl (C=O) groups excluding carboxylic acids is 1. The van der Waals surface area contributed by atoms with Gasteiger partial charge in [0.15, 0.2) is 0 Å². The zero-order valence-electron chi connectivity index (χ0n) is 11.7. The second-order valence-corrected chi connectivity index (χ2v) is 6.00. The summed E-state index contributed by atoms with van der Waals surface area (Å²) in [5.41, 5.74) is 0. The average molecular weight is 275 g/mol. The number of hydrogen-bond acceptors (Lipinski definition) is 3. The van der Waals surface area contributed by atoms with Gasteiger partial charge in [-0.25, -0.2) is 0 Å². The summed E-state index contributed by atoms with van der Waals surface area (Å²) in [7, 11) is 0. The highest BCUT2D eigenvalue weighted by molar-refractivity contribution is 5.91. The lowest BCUT2D eigenvalue weighted by Gasteiger charge is -2.30. The van der Waals surface area contributed by atoms with Crippen LogP contribution in [0, 0.1) is 24.7 Å². The minimum atomic E-state index is -0.102. The molecule has 4 nitrogen and oxygen atoms in total. The monoisotopic (exact) mass is 275 g/mol. The van der Waals surface area contributed by atoms with Crippen molar-refractivity contribution in [3.63, 3.8) is 0 Å². The van der Waals surface area contributed by atoms with Gasteiger partial charge in [-0.2, -0.15) is 0 Å². The minimum absolute atomic E-state index is 0.102. The first kappa shape index (κ1) is 13.4. The van der Waals surface area contributed by atoms with E-state index in [0.29, 0.717) is 17.6 Å². The van der Waals surface area contributed by atoms with Gasteiger partial charge >= 0.3 is 0 Å². The zero-order valence-corrected chi connectivity index (χ0v) is 11.7. The zero-order chi connectivity index (χ0) is 14.1. The van der Waals surface area contributed by atoms with Crippen molar-refractivity contribution in [1.82, 2.24) is 5.32 Å². The van der Waals surface area contributed by atoms with Crippen LogP contribution in [0.1, 0.15) is 30.8 Å². The van der Waals surface area contributed by atoms with E-state index in [1.54, 1.807) is 6.08 Å². The van der Waals surface area contributed by atoms with Crippen molar-refractivity contribution in [2.45, 2.75) is 32.2 Å². The topological polar surface area (TPSA) is 62.5 Å². The van der Waals surface area contributed by atoms with Gasteiger partial charge in [-0.05, 0) is 56.2 Å². The largest absolute Gasteiger partial charge is 0.462 e. The van der Waals surface area contributed by atoms with Gasteiger partial charge in [-0.15, -0.1) is 0 Å². The van der Waals surface area contributed by atoms with E-state index >= 15 is 0 Å². The molecule has 20 heavy (non-hydrogen) atoms. The van der Waals surface area contributed by atoms with E-state index in [9.17, 15) is 9.90 Å². The third kappa shape index (κ3) is 2.52. The fourth-order valence-electron chi connectivity index (χ4n) is 3.81. The molecule has 3 rings (SSSR count). The lowest BCUT2D eigenvalue weighted by atomic mass is 9.85. The Morgan fingerprint density at radius 3 is 2.95 bits per heavy atom. The number of fused-ring (bicyclic) bond motifs is 2. The van der Waals surface area contributed by atoms with Crippen LogP contribution in [0.15, 0.2) is 22.6 Å². The molecule has 108 valence electrons. The van der Waals surface area contributed by atoms with Crippen molar-refractivity contribution >= 4 is 12.0 Å². The van der Waals surface area contributed by atoms with Crippen molar-refractivity contribution in [2.24, 2.45) is 17.8 Å². The molecule has 1 aromatic rings. The van der Waals surface area contributed by atoms with E-state index in [-0.39, 0.29) is 24.5 Å². The molecule has 2 aliphatic carbocycles. The number of aliphatic hydroxyl groups is 1. The summed E-state index contributed by atoms with van der Waals surface area (Å²) in [6, 6.07) is 3.84. The van der Waals surface area contributed by atoms with Crippen LogP contribution < -0.4 is 5.32 Å². The quantitative estimate of drug-likeness (QED) is 0.827. The molecule has 0 saturated heterocycles. The number of nitrogens with one attached hydrogen (secondary N) is 1. The maximum atomic E-state index is 12.0. The first-order valence-electron chi connectivity index (χ1n) is 7.33. The fourth-order valence-corrected chi connectivity index (χ4v) is 3.81. The number of rotatable bonds is 4. The van der Waals surface area contributed by atoms with Crippen LogP contribution in [0.25, 0.3) is 6.08 Å². The second kappa shape index (κ2) is 5.44. The molecular weight excluding hydrogens is 254 g/mol. The van der Waals surface area contributed by atoms with Gasteiger partial charge in [0.05, 0.1) is 0 Å². The van der Waals surface area contributed by atoms with Crippen LogP contribution in [0.3, 0.4) is 0 Å². The molecule has 1 aromatic heterocycles. The molecule has 4 unspecified atom stereocenters. The van der Waals surface area contributed by atoms with Gasteiger partial charge in [0, 0.05) is 24.6 Å². The summed E-state index contributed by atoms with van der Waals surface area (Å²) in [6.07, 6.45) is 6.72. The fraction of sp³-hybridized carbons (Fsp3) is 0.562. The molecule has 1 heterocycles. The number of aliphatic hydroxyl groups excluding tert-OH is 1. The Hall–Kier alpha value is -1.55. The van der Waals surface area contributed by atoms with E-state index in [4.69, 9.17) is 4.42 Å². The van der Waals surface area contributed by atoms with Crippen molar-refractivity contribution in [3.8, 4) is 0 Å². The van der Waals surface area contributed by atoms with Crippen molar-refractivity contribution in [2.75, 3.05) is 6.61 Å². The molecule has 0 spiro atoms. The molecule has 4 heteroatoms. The number of aryl methyl sites for hydroxylation is 1. The van der Waals surface area contributed by atoms with E-state index in [2.05, 4.69) is 5.32 Å². The lowest BCUT2D eigenvalue weighted by Crippen LogP contribution is -2.44. The lowest BCUT2D eigenvalue weighted by molar-refractivity contribution is -0.118. The molecule has 1 amide bonds. The normalized spacial score (nSPS) is 32.1. The predicted molar refractivity (Wildman–Crippen MR) is 75.8 cm³/mol. The summed E-state index contributed by atoms with van der Waals surface area (Å²) >= 11 is 0. The van der Waals surface area contributed by atoms with Crippen LogP contribution in [0.5, 0.6) is 0 Å². The van der Waals surface area contributed by atoms with Crippen molar-refractivity contribution in [3.05, 3.63) is 29.7 Å². The predicted octanol–water partition coefficient (Wildman–Crippen LogP) is 2.12. The maximum absolute atomic E-state index is 12.0. The van der Waals surface area contributed by atoms with E-state index in [1.807, 2.05) is 19.1 Å². The van der Waals surface area contributed by atoms with E-state index < -0.39 is 0 Å². The summed E-state index contributed by atoms with van der Waals surface area (Å²) < 4.78 is 5.39. The minimum Gasteiger partial charge on any atom is -0.462 e. The Morgan fingerprint density at radius 2 is 2.25 bits per heavy atom. The SMILES string of the molecule is Cc1ccc(/C=C/C(=O)NC2C3CCC(C3)C2CO)o1. The molecule has 4 atom stereocenters. The van der Waals surface area contributed by atoms with Crippen LogP contribution in [-0.2, 0) is 4.79 Å². The summed E-state index contributed by atoms with van der Waals surface area (Å²) in [4.78, 5) is 12.0. The Balaban J connectivity index is 1.60. The van der Waals surface area contributed by atoms with Gasteiger partial charge < -0.3 is 14.8 Å². The van der Waals surface area contributed by atoms with Crippen LogP contribution >= 0.6 is 0 Å². The second-order valence-electron chi connectivity index (χ2n) is 6.00. The van der Waals surface area contributed by atoms with E-state index in [1.165, 1.54) is 18.9 Å². The van der Waals surface area contributed by atoms with Crippen LogP contribution in [0.4, 0.5) is 0 Å². The van der Waals surface area contributed by atoms with Crippen LogP contribution in [-0.4, -0.2) is 23.7 Å². The Kier molecular flexibility index (Phi) is 3.66.